The van der Waals surface area contributed by atoms with Gasteiger partial charge in [0, 0.05) is 21.2 Å². The number of imide groups is 1. The van der Waals surface area contributed by atoms with Crippen molar-refractivity contribution < 1.29 is 18.7 Å². The number of aryl methyl sites for hydroxylation is 1. The Hall–Kier alpha value is -4.30. The molecule has 0 spiro atoms. The van der Waals surface area contributed by atoms with E-state index in [0.29, 0.717) is 26.9 Å². The van der Waals surface area contributed by atoms with Gasteiger partial charge in [0.15, 0.2) is 14.3 Å². The van der Waals surface area contributed by atoms with E-state index in [1.165, 1.54) is 0 Å². The average molecular weight is 590 g/mol. The van der Waals surface area contributed by atoms with Crippen LogP contribution in [0.3, 0.4) is 0 Å². The molecule has 42 heavy (non-hydrogen) atoms. The van der Waals surface area contributed by atoms with Crippen LogP contribution in [0.4, 0.5) is 5.69 Å². The first-order valence-corrected chi connectivity index (χ1v) is 17.3. The Morgan fingerprint density at radius 1 is 0.476 bits per heavy atom. The Balaban J connectivity index is 1.70. The molecule has 0 aromatic heterocycles. The highest BCUT2D eigenvalue weighted by molar-refractivity contribution is 7.84. The molecule has 5 nitrogen and oxygen atoms in total. The number of anilines is 1. The first-order chi connectivity index (χ1) is 20.4. The van der Waals surface area contributed by atoms with E-state index in [9.17, 15) is 9.59 Å². The Morgan fingerprint density at radius 2 is 0.810 bits per heavy atom. The molecule has 5 aromatic rings. The summed E-state index contributed by atoms with van der Waals surface area (Å²) >= 11 is 0. The molecule has 0 radical (unpaired) electrons. The van der Waals surface area contributed by atoms with Gasteiger partial charge in [-0.15, -0.1) is 0 Å². The number of hydrogen-bond acceptors (Lipinski definition) is 4. The second kappa shape index (κ2) is 11.2. The highest BCUT2D eigenvalue weighted by Crippen LogP contribution is 2.63. The third-order valence-corrected chi connectivity index (χ3v) is 14.9. The van der Waals surface area contributed by atoms with Gasteiger partial charge in [-0.3, -0.25) is 9.59 Å². The van der Waals surface area contributed by atoms with Gasteiger partial charge in [0.05, 0.1) is 5.69 Å². The average Bonchev–Trinajstić information content (AvgIpc) is 3.32. The molecule has 1 aliphatic heterocycles. The highest BCUT2D eigenvalue weighted by Gasteiger charge is 2.63. The van der Waals surface area contributed by atoms with Crippen molar-refractivity contribution >= 4 is 53.0 Å². The van der Waals surface area contributed by atoms with Crippen molar-refractivity contribution in [3.8, 4) is 0 Å². The van der Waals surface area contributed by atoms with Crippen LogP contribution >= 0.6 is 14.3 Å². The van der Waals surface area contributed by atoms with Crippen LogP contribution in [0.5, 0.6) is 0 Å². The Bertz CT molecular complexity index is 1640. The SMILES string of the molecule is Cc1cccc(N2C(=O)C(P(=O)(c3ccccc3)c3ccccc3)C(P(=O)(c3ccccc3)c3ccccc3)C2=O)c1. The van der Waals surface area contributed by atoms with E-state index in [2.05, 4.69) is 0 Å². The van der Waals surface area contributed by atoms with Crippen molar-refractivity contribution in [1.82, 2.24) is 0 Å². The van der Waals surface area contributed by atoms with Gasteiger partial charge < -0.3 is 9.13 Å². The van der Waals surface area contributed by atoms with E-state index in [1.807, 2.05) is 37.3 Å². The summed E-state index contributed by atoms with van der Waals surface area (Å²) in [6, 6.07) is 42.4. The van der Waals surface area contributed by atoms with Crippen LogP contribution in [-0.2, 0) is 18.7 Å². The fourth-order valence-electron chi connectivity index (χ4n) is 5.91. The van der Waals surface area contributed by atoms with E-state index in [1.54, 1.807) is 115 Å². The van der Waals surface area contributed by atoms with Crippen LogP contribution in [-0.4, -0.2) is 23.1 Å². The molecule has 0 bridgehead atoms. The van der Waals surface area contributed by atoms with Gasteiger partial charge in [0.2, 0.25) is 11.8 Å². The summed E-state index contributed by atoms with van der Waals surface area (Å²) in [7, 11) is -7.83. The largest absolute Gasteiger partial charge is 0.313 e. The number of carbonyl (C=O) groups excluding carboxylic acids is 2. The van der Waals surface area contributed by atoms with E-state index >= 15 is 9.13 Å². The molecule has 0 saturated carbocycles. The van der Waals surface area contributed by atoms with Crippen LogP contribution in [0.2, 0.25) is 0 Å². The van der Waals surface area contributed by atoms with Crippen molar-refractivity contribution in [2.24, 2.45) is 0 Å². The first kappa shape index (κ1) is 27.8. The van der Waals surface area contributed by atoms with Crippen molar-refractivity contribution in [1.29, 1.82) is 0 Å². The van der Waals surface area contributed by atoms with Gasteiger partial charge in [-0.25, -0.2) is 4.90 Å². The minimum atomic E-state index is -3.91. The van der Waals surface area contributed by atoms with E-state index < -0.39 is 37.4 Å². The number of hydrogen-bond donors (Lipinski definition) is 0. The smallest absolute Gasteiger partial charge is 0.246 e. The number of rotatable bonds is 7. The molecular formula is C35H29NO4P2. The van der Waals surface area contributed by atoms with E-state index in [4.69, 9.17) is 0 Å². The van der Waals surface area contributed by atoms with E-state index in [-0.39, 0.29) is 0 Å². The molecule has 7 heteroatoms. The van der Waals surface area contributed by atoms with Crippen LogP contribution in [0.1, 0.15) is 5.56 Å². The lowest BCUT2D eigenvalue weighted by molar-refractivity contribution is -0.121. The van der Waals surface area contributed by atoms with Crippen molar-refractivity contribution in [2.45, 2.75) is 18.2 Å². The summed E-state index contributed by atoms with van der Waals surface area (Å²) in [5.41, 5.74) is -1.57. The summed E-state index contributed by atoms with van der Waals surface area (Å²) in [5.74, 6) is -1.22. The predicted molar refractivity (Wildman–Crippen MR) is 171 cm³/mol. The molecule has 5 aromatic carbocycles. The Morgan fingerprint density at radius 3 is 1.12 bits per heavy atom. The monoisotopic (exact) mass is 589 g/mol. The van der Waals surface area contributed by atoms with Crippen LogP contribution in [0, 0.1) is 6.92 Å². The summed E-state index contributed by atoms with van der Waals surface area (Å²) in [5, 5.41) is 1.74. The summed E-state index contributed by atoms with van der Waals surface area (Å²) in [6.07, 6.45) is 0. The maximum absolute atomic E-state index is 15.8. The maximum atomic E-state index is 15.8. The van der Waals surface area contributed by atoms with Crippen molar-refractivity contribution in [3.05, 3.63) is 151 Å². The second-order valence-electron chi connectivity index (χ2n) is 10.4. The van der Waals surface area contributed by atoms with Crippen LogP contribution < -0.4 is 26.1 Å². The lowest BCUT2D eigenvalue weighted by atomic mass is 10.2. The van der Waals surface area contributed by atoms with Crippen molar-refractivity contribution in [2.75, 3.05) is 4.90 Å². The standard InChI is InChI=1S/C35H29NO4P2/c1-26-15-14-16-27(25-26)36-34(37)32(41(39,28-17-6-2-7-18-28)29-19-8-3-9-20-29)33(35(36)38)42(40,30-21-10-4-11-22-30)31-23-12-5-13-24-31/h2-25,32-33H,1H3. The predicted octanol–water partition coefficient (Wildman–Crippen LogP) is 5.63. The van der Waals surface area contributed by atoms with Gasteiger partial charge in [0.25, 0.3) is 0 Å². The summed E-state index contributed by atoms with van der Waals surface area (Å²) in [6.45, 7) is 1.88. The topological polar surface area (TPSA) is 71.5 Å². The van der Waals surface area contributed by atoms with Gasteiger partial charge in [-0.05, 0) is 24.6 Å². The minimum Gasteiger partial charge on any atom is -0.313 e. The molecule has 1 saturated heterocycles. The zero-order chi connectivity index (χ0) is 29.3. The maximum Gasteiger partial charge on any atom is 0.246 e. The zero-order valence-electron chi connectivity index (χ0n) is 23.0. The summed E-state index contributed by atoms with van der Waals surface area (Å²) in [4.78, 5) is 30.6. The lowest BCUT2D eigenvalue weighted by Crippen LogP contribution is -2.41. The molecule has 0 aliphatic carbocycles. The third kappa shape index (κ3) is 4.50. The van der Waals surface area contributed by atoms with Gasteiger partial charge >= 0.3 is 0 Å². The first-order valence-electron chi connectivity index (χ1n) is 13.7. The molecule has 0 N–H and O–H groups in total. The molecule has 1 aliphatic rings. The van der Waals surface area contributed by atoms with Gasteiger partial charge in [-0.1, -0.05) is 133 Å². The lowest BCUT2D eigenvalue weighted by Gasteiger charge is -2.32. The number of carbonyl (C=O) groups is 2. The Kier molecular flexibility index (Phi) is 7.41. The molecule has 2 atom stereocenters. The molecule has 6 rings (SSSR count). The van der Waals surface area contributed by atoms with Crippen LogP contribution in [0.15, 0.2) is 146 Å². The molecule has 208 valence electrons. The highest BCUT2D eigenvalue weighted by atomic mass is 31.2. The number of amides is 2. The van der Waals surface area contributed by atoms with E-state index in [0.717, 1.165) is 10.5 Å². The van der Waals surface area contributed by atoms with Gasteiger partial charge in [0.1, 0.15) is 11.3 Å². The normalized spacial score (nSPS) is 17.4. The third-order valence-electron chi connectivity index (χ3n) is 7.85. The molecular weight excluding hydrogens is 560 g/mol. The quantitative estimate of drug-likeness (QED) is 0.182. The molecule has 2 unspecified atom stereocenters. The summed E-state index contributed by atoms with van der Waals surface area (Å²) < 4.78 is 31.6. The molecule has 1 fully saturated rings. The number of nitrogens with zero attached hydrogens (tertiary/aromatic N) is 1. The Labute approximate surface area is 245 Å². The van der Waals surface area contributed by atoms with Gasteiger partial charge in [-0.2, -0.15) is 0 Å². The minimum absolute atomic E-state index is 0.373. The number of benzene rings is 5. The second-order valence-corrected chi connectivity index (χ2v) is 16.2. The fourth-order valence-corrected chi connectivity index (χ4v) is 13.3. The zero-order valence-corrected chi connectivity index (χ0v) is 24.8. The molecule has 1 heterocycles. The fraction of sp³-hybridized carbons (Fsp3) is 0.0857. The van der Waals surface area contributed by atoms with Crippen molar-refractivity contribution in [3.63, 3.8) is 0 Å². The molecule has 2 amide bonds. The van der Waals surface area contributed by atoms with Crippen LogP contribution in [0.25, 0.3) is 0 Å².